The fraction of sp³-hybridized carbons (Fsp3) is 0.192. The average molecular weight is 444 g/mol. The Kier molecular flexibility index (Phi) is 6.40. The molecule has 3 aromatic rings. The fourth-order valence-electron chi connectivity index (χ4n) is 3.51. The van der Waals surface area contributed by atoms with Crippen LogP contribution in [-0.4, -0.2) is 30.2 Å². The Morgan fingerprint density at radius 1 is 1.03 bits per heavy atom. The van der Waals surface area contributed by atoms with Crippen molar-refractivity contribution in [2.75, 3.05) is 16.8 Å². The van der Waals surface area contributed by atoms with Crippen LogP contribution in [0.15, 0.2) is 72.8 Å². The van der Waals surface area contributed by atoms with Gasteiger partial charge in [0, 0.05) is 11.3 Å². The van der Waals surface area contributed by atoms with Gasteiger partial charge in [-0.05, 0) is 61.9 Å². The summed E-state index contributed by atoms with van der Waals surface area (Å²) in [4.78, 5) is 38.5. The van der Waals surface area contributed by atoms with E-state index in [1.54, 1.807) is 49.4 Å². The Labute approximate surface area is 191 Å². The largest absolute Gasteiger partial charge is 0.489 e. The Morgan fingerprint density at radius 3 is 2.45 bits per heavy atom. The maximum atomic E-state index is 12.7. The highest BCUT2D eigenvalue weighted by Crippen LogP contribution is 2.35. The normalized spacial score (nSPS) is 14.8. The van der Waals surface area contributed by atoms with E-state index in [-0.39, 0.29) is 24.1 Å². The number of carbonyl (C=O) groups is 3. The second kappa shape index (κ2) is 9.56. The zero-order valence-electron chi connectivity index (χ0n) is 18.4. The van der Waals surface area contributed by atoms with Crippen LogP contribution in [0, 0.1) is 0 Å². The van der Waals surface area contributed by atoms with E-state index in [0.29, 0.717) is 35.0 Å². The van der Waals surface area contributed by atoms with Crippen LogP contribution < -0.4 is 19.7 Å². The lowest BCUT2D eigenvalue weighted by molar-refractivity contribution is -0.127. The van der Waals surface area contributed by atoms with Crippen molar-refractivity contribution in [3.8, 4) is 11.5 Å². The Hall–Kier alpha value is -4.13. The van der Waals surface area contributed by atoms with Gasteiger partial charge >= 0.3 is 0 Å². The summed E-state index contributed by atoms with van der Waals surface area (Å²) < 4.78 is 11.4. The van der Waals surface area contributed by atoms with E-state index in [1.165, 1.54) is 11.8 Å². The molecule has 7 heteroatoms. The summed E-state index contributed by atoms with van der Waals surface area (Å²) in [5.74, 6) is 0.292. The number of Topliss-reactive ketones (excluding diaryl/α,β-unsaturated/α-hetero) is 1. The maximum Gasteiger partial charge on any atom is 0.268 e. The second-order valence-electron chi connectivity index (χ2n) is 7.77. The molecule has 1 unspecified atom stereocenters. The molecule has 2 amide bonds. The predicted molar refractivity (Wildman–Crippen MR) is 125 cm³/mol. The van der Waals surface area contributed by atoms with Crippen molar-refractivity contribution in [2.45, 2.75) is 26.6 Å². The number of carbonyl (C=O) groups excluding carboxylic acids is 3. The number of ketones is 1. The van der Waals surface area contributed by atoms with Crippen molar-refractivity contribution >= 4 is 29.0 Å². The highest BCUT2D eigenvalue weighted by molar-refractivity contribution is 6.07. The quantitative estimate of drug-likeness (QED) is 0.552. The number of rotatable bonds is 7. The van der Waals surface area contributed by atoms with Gasteiger partial charge in [-0.2, -0.15) is 0 Å². The van der Waals surface area contributed by atoms with Crippen molar-refractivity contribution in [1.82, 2.24) is 0 Å². The van der Waals surface area contributed by atoms with Gasteiger partial charge in [-0.15, -0.1) is 0 Å². The lowest BCUT2D eigenvalue weighted by atomic mass is 10.1. The summed E-state index contributed by atoms with van der Waals surface area (Å²) >= 11 is 0. The van der Waals surface area contributed by atoms with Crippen LogP contribution in [0.5, 0.6) is 11.5 Å². The number of amides is 2. The number of fused-ring (bicyclic) bond motifs is 1. The summed E-state index contributed by atoms with van der Waals surface area (Å²) in [5.41, 5.74) is 2.49. The zero-order valence-corrected chi connectivity index (χ0v) is 18.4. The SMILES string of the molecule is CC(=O)c1ccc2c(c1)N(CC(=O)Nc1ccc(OCc3ccccc3)cc1)C(=O)C(C)O2. The molecule has 3 aromatic carbocycles. The number of ether oxygens (including phenoxy) is 2. The van der Waals surface area contributed by atoms with Crippen LogP contribution in [-0.2, 0) is 16.2 Å². The molecule has 7 nitrogen and oxygen atoms in total. The Morgan fingerprint density at radius 2 is 1.76 bits per heavy atom. The van der Waals surface area contributed by atoms with Crippen molar-refractivity contribution in [2.24, 2.45) is 0 Å². The molecule has 0 saturated carbocycles. The van der Waals surface area contributed by atoms with Gasteiger partial charge < -0.3 is 14.8 Å². The molecule has 1 aliphatic heterocycles. The first kappa shape index (κ1) is 22.1. The monoisotopic (exact) mass is 444 g/mol. The minimum absolute atomic E-state index is 0.136. The first-order valence-corrected chi connectivity index (χ1v) is 10.6. The first-order chi connectivity index (χ1) is 15.9. The van der Waals surface area contributed by atoms with Gasteiger partial charge in [-0.3, -0.25) is 19.3 Å². The van der Waals surface area contributed by atoms with Crippen molar-refractivity contribution in [1.29, 1.82) is 0 Å². The van der Waals surface area contributed by atoms with Gasteiger partial charge in [0.2, 0.25) is 5.91 Å². The lowest BCUT2D eigenvalue weighted by Crippen LogP contribution is -2.47. The summed E-state index contributed by atoms with van der Waals surface area (Å²) in [6.45, 7) is 3.32. The third kappa shape index (κ3) is 5.20. The smallest absolute Gasteiger partial charge is 0.268 e. The van der Waals surface area contributed by atoms with E-state index < -0.39 is 6.10 Å². The van der Waals surface area contributed by atoms with Gasteiger partial charge in [-0.25, -0.2) is 0 Å². The lowest BCUT2D eigenvalue weighted by Gasteiger charge is -2.32. The molecule has 0 spiro atoms. The van der Waals surface area contributed by atoms with Gasteiger partial charge in [0.1, 0.15) is 24.7 Å². The minimum atomic E-state index is -0.727. The van der Waals surface area contributed by atoms with Gasteiger partial charge in [0.25, 0.3) is 5.91 Å². The van der Waals surface area contributed by atoms with E-state index in [0.717, 1.165) is 5.56 Å². The van der Waals surface area contributed by atoms with E-state index in [1.807, 2.05) is 30.3 Å². The van der Waals surface area contributed by atoms with Crippen LogP contribution in [0.25, 0.3) is 0 Å². The third-order valence-electron chi connectivity index (χ3n) is 5.26. The van der Waals surface area contributed by atoms with Gasteiger partial charge in [-0.1, -0.05) is 30.3 Å². The van der Waals surface area contributed by atoms with E-state index in [2.05, 4.69) is 5.32 Å². The number of hydrogen-bond acceptors (Lipinski definition) is 5. The highest BCUT2D eigenvalue weighted by Gasteiger charge is 2.33. The van der Waals surface area contributed by atoms with E-state index in [4.69, 9.17) is 9.47 Å². The molecule has 1 heterocycles. The molecule has 0 bridgehead atoms. The number of nitrogens with zero attached hydrogens (tertiary/aromatic N) is 1. The van der Waals surface area contributed by atoms with Gasteiger partial charge in [0.05, 0.1) is 5.69 Å². The molecule has 4 rings (SSSR count). The van der Waals surface area contributed by atoms with E-state index in [9.17, 15) is 14.4 Å². The predicted octanol–water partition coefficient (Wildman–Crippen LogP) is 4.22. The van der Waals surface area contributed by atoms with Crippen LogP contribution in [0.2, 0.25) is 0 Å². The number of nitrogens with one attached hydrogen (secondary N) is 1. The van der Waals surface area contributed by atoms with Crippen molar-refractivity contribution in [3.63, 3.8) is 0 Å². The molecule has 0 saturated heterocycles. The minimum Gasteiger partial charge on any atom is -0.489 e. The molecule has 168 valence electrons. The average Bonchev–Trinajstić information content (AvgIpc) is 2.82. The fourth-order valence-corrected chi connectivity index (χ4v) is 3.51. The topological polar surface area (TPSA) is 84.9 Å². The summed E-state index contributed by atoms with van der Waals surface area (Å²) in [6.07, 6.45) is -0.727. The summed E-state index contributed by atoms with van der Waals surface area (Å²) in [6, 6.07) is 21.7. The molecule has 0 fully saturated rings. The third-order valence-corrected chi connectivity index (χ3v) is 5.26. The molecular formula is C26H24N2O5. The first-order valence-electron chi connectivity index (χ1n) is 10.6. The van der Waals surface area contributed by atoms with Crippen LogP contribution >= 0.6 is 0 Å². The molecule has 0 radical (unpaired) electrons. The number of benzene rings is 3. The molecular weight excluding hydrogens is 420 g/mol. The van der Waals surface area contributed by atoms with Crippen LogP contribution in [0.3, 0.4) is 0 Å². The standard InChI is InChI=1S/C26H24N2O5/c1-17(29)20-8-13-24-23(14-20)28(26(31)18(2)33-24)15-25(30)27-21-9-11-22(12-10-21)32-16-19-6-4-3-5-7-19/h3-14,18H,15-16H2,1-2H3,(H,27,30). The van der Waals surface area contributed by atoms with Crippen molar-refractivity contribution in [3.05, 3.63) is 83.9 Å². The maximum absolute atomic E-state index is 12.7. The molecule has 1 N–H and O–H groups in total. The van der Waals surface area contributed by atoms with Gasteiger partial charge in [0.15, 0.2) is 11.9 Å². The van der Waals surface area contributed by atoms with Crippen molar-refractivity contribution < 1.29 is 23.9 Å². The molecule has 1 aliphatic rings. The summed E-state index contributed by atoms with van der Waals surface area (Å²) in [7, 11) is 0. The zero-order chi connectivity index (χ0) is 23.4. The Bertz CT molecular complexity index is 1180. The van der Waals surface area contributed by atoms with Crippen LogP contribution in [0.4, 0.5) is 11.4 Å². The Balaban J connectivity index is 1.41. The van der Waals surface area contributed by atoms with E-state index >= 15 is 0 Å². The molecule has 33 heavy (non-hydrogen) atoms. The highest BCUT2D eigenvalue weighted by atomic mass is 16.5. The number of anilines is 2. The molecule has 0 aliphatic carbocycles. The van der Waals surface area contributed by atoms with Crippen LogP contribution in [0.1, 0.15) is 29.8 Å². The number of hydrogen-bond donors (Lipinski definition) is 1. The second-order valence-corrected chi connectivity index (χ2v) is 7.77. The molecule has 0 aromatic heterocycles. The summed E-state index contributed by atoms with van der Waals surface area (Å²) in [5, 5.41) is 2.80. The molecule has 1 atom stereocenters.